The summed E-state index contributed by atoms with van der Waals surface area (Å²) in [5, 5.41) is 5.91. The van der Waals surface area contributed by atoms with Gasteiger partial charge in [0.2, 0.25) is 5.91 Å². The Balaban J connectivity index is 1.26. The van der Waals surface area contributed by atoms with Gasteiger partial charge in [-0.1, -0.05) is 42.5 Å². The molecule has 29 heavy (non-hydrogen) atoms. The Bertz CT molecular complexity index is 843. The third-order valence-corrected chi connectivity index (χ3v) is 5.44. The average Bonchev–Trinajstić information content (AvgIpc) is 3.54. The van der Waals surface area contributed by atoms with Crippen molar-refractivity contribution in [3.05, 3.63) is 65.7 Å². The van der Waals surface area contributed by atoms with E-state index in [2.05, 4.69) is 44.7 Å². The van der Waals surface area contributed by atoms with Crippen LogP contribution in [0.3, 0.4) is 0 Å². The van der Waals surface area contributed by atoms with E-state index in [4.69, 9.17) is 0 Å². The Morgan fingerprint density at radius 2 is 1.52 bits per heavy atom. The molecule has 2 aromatic rings. The van der Waals surface area contributed by atoms with Crippen LogP contribution >= 0.6 is 0 Å². The van der Waals surface area contributed by atoms with Crippen LogP contribution in [0.25, 0.3) is 0 Å². The van der Waals surface area contributed by atoms with E-state index in [1.165, 1.54) is 5.56 Å². The van der Waals surface area contributed by atoms with Crippen LogP contribution in [0.2, 0.25) is 0 Å². The zero-order valence-corrected chi connectivity index (χ0v) is 16.6. The standard InChI is InChI=1S/C23H28N4O2/c28-22(25-21-9-5-4-8-20(21)23(29)24-19-10-11-19)17-27-14-12-26(13-15-27)16-18-6-2-1-3-7-18/h1-9,19H,10-17H2,(H,24,29)(H,25,28). The molecule has 0 bridgehead atoms. The van der Waals surface area contributed by atoms with E-state index >= 15 is 0 Å². The Labute approximate surface area is 171 Å². The maximum absolute atomic E-state index is 12.6. The molecule has 1 aliphatic carbocycles. The van der Waals surface area contributed by atoms with Gasteiger partial charge in [0, 0.05) is 38.8 Å². The Morgan fingerprint density at radius 3 is 2.24 bits per heavy atom. The third kappa shape index (κ3) is 5.65. The molecule has 2 aromatic carbocycles. The van der Waals surface area contributed by atoms with E-state index in [0.29, 0.717) is 23.8 Å². The van der Waals surface area contributed by atoms with E-state index in [1.807, 2.05) is 18.2 Å². The Kier molecular flexibility index (Phi) is 6.22. The van der Waals surface area contributed by atoms with Gasteiger partial charge in [-0.25, -0.2) is 0 Å². The van der Waals surface area contributed by atoms with Crippen LogP contribution in [0.15, 0.2) is 54.6 Å². The molecule has 2 amide bonds. The summed E-state index contributed by atoms with van der Waals surface area (Å²) in [4.78, 5) is 29.5. The lowest BCUT2D eigenvalue weighted by Crippen LogP contribution is -2.48. The predicted octanol–water partition coefficient (Wildman–Crippen LogP) is 2.34. The lowest BCUT2D eigenvalue weighted by molar-refractivity contribution is -0.117. The number of hydrogen-bond donors (Lipinski definition) is 2. The SMILES string of the molecule is O=C(CN1CCN(Cc2ccccc2)CC1)Nc1ccccc1C(=O)NC1CC1. The van der Waals surface area contributed by atoms with Crippen molar-refractivity contribution in [2.45, 2.75) is 25.4 Å². The fourth-order valence-electron chi connectivity index (χ4n) is 3.62. The number of hydrogen-bond acceptors (Lipinski definition) is 4. The lowest BCUT2D eigenvalue weighted by Gasteiger charge is -2.34. The fraction of sp³-hybridized carbons (Fsp3) is 0.391. The molecule has 0 radical (unpaired) electrons. The molecule has 6 heteroatoms. The van der Waals surface area contributed by atoms with E-state index in [-0.39, 0.29) is 11.8 Å². The number of amides is 2. The molecule has 1 heterocycles. The van der Waals surface area contributed by atoms with Crippen LogP contribution in [0.1, 0.15) is 28.8 Å². The van der Waals surface area contributed by atoms with Gasteiger partial charge in [0.15, 0.2) is 0 Å². The molecule has 1 saturated carbocycles. The largest absolute Gasteiger partial charge is 0.349 e. The molecule has 2 N–H and O–H groups in total. The first-order valence-corrected chi connectivity index (χ1v) is 10.4. The van der Waals surface area contributed by atoms with Gasteiger partial charge < -0.3 is 10.6 Å². The van der Waals surface area contributed by atoms with Crippen molar-refractivity contribution in [1.29, 1.82) is 0 Å². The molecule has 2 aliphatic rings. The first kappa shape index (κ1) is 19.6. The second-order valence-corrected chi connectivity index (χ2v) is 7.88. The quantitative estimate of drug-likeness (QED) is 0.759. The number of para-hydroxylation sites is 1. The summed E-state index contributed by atoms with van der Waals surface area (Å²) >= 11 is 0. The molecule has 2 fully saturated rings. The fourth-order valence-corrected chi connectivity index (χ4v) is 3.62. The second-order valence-electron chi connectivity index (χ2n) is 7.88. The summed E-state index contributed by atoms with van der Waals surface area (Å²) in [7, 11) is 0. The van der Waals surface area contributed by atoms with Crippen LogP contribution in [0, 0.1) is 0 Å². The molecule has 0 atom stereocenters. The van der Waals surface area contributed by atoms with Gasteiger partial charge in [0.05, 0.1) is 17.8 Å². The molecule has 6 nitrogen and oxygen atoms in total. The number of carbonyl (C=O) groups is 2. The topological polar surface area (TPSA) is 64.7 Å². The summed E-state index contributed by atoms with van der Waals surface area (Å²) in [6, 6.07) is 18.0. The highest BCUT2D eigenvalue weighted by atomic mass is 16.2. The van der Waals surface area contributed by atoms with Crippen LogP contribution in [0.4, 0.5) is 5.69 Å². The van der Waals surface area contributed by atoms with E-state index < -0.39 is 0 Å². The number of benzene rings is 2. The number of rotatable bonds is 7. The molecule has 4 rings (SSSR count). The Hall–Kier alpha value is -2.70. The van der Waals surface area contributed by atoms with Crippen molar-refractivity contribution < 1.29 is 9.59 Å². The predicted molar refractivity (Wildman–Crippen MR) is 114 cm³/mol. The normalized spacial score (nSPS) is 17.7. The number of carbonyl (C=O) groups excluding carboxylic acids is 2. The van der Waals surface area contributed by atoms with Gasteiger partial charge in [-0.3, -0.25) is 19.4 Å². The maximum Gasteiger partial charge on any atom is 0.253 e. The zero-order valence-electron chi connectivity index (χ0n) is 16.6. The lowest BCUT2D eigenvalue weighted by atomic mass is 10.1. The first-order chi connectivity index (χ1) is 14.2. The summed E-state index contributed by atoms with van der Waals surface area (Å²) in [5.41, 5.74) is 2.43. The number of piperazine rings is 1. The van der Waals surface area contributed by atoms with Gasteiger partial charge in [-0.2, -0.15) is 0 Å². The van der Waals surface area contributed by atoms with Crippen LogP contribution in [0.5, 0.6) is 0 Å². The minimum absolute atomic E-state index is 0.0758. The number of nitrogens with one attached hydrogen (secondary N) is 2. The highest BCUT2D eigenvalue weighted by Gasteiger charge is 2.25. The summed E-state index contributed by atoms with van der Waals surface area (Å²) in [6.45, 7) is 4.92. The van der Waals surface area contributed by atoms with Gasteiger partial charge in [0.1, 0.15) is 0 Å². The first-order valence-electron chi connectivity index (χ1n) is 10.4. The zero-order chi connectivity index (χ0) is 20.1. The third-order valence-electron chi connectivity index (χ3n) is 5.44. The van der Waals surface area contributed by atoms with Crippen molar-refractivity contribution in [3.8, 4) is 0 Å². The number of nitrogens with zero attached hydrogens (tertiary/aromatic N) is 2. The summed E-state index contributed by atoms with van der Waals surface area (Å²) in [6.07, 6.45) is 2.08. The van der Waals surface area contributed by atoms with Gasteiger partial charge in [0.25, 0.3) is 5.91 Å². The van der Waals surface area contributed by atoms with Crippen molar-refractivity contribution in [3.63, 3.8) is 0 Å². The highest BCUT2D eigenvalue weighted by molar-refractivity contribution is 6.04. The minimum Gasteiger partial charge on any atom is -0.349 e. The maximum atomic E-state index is 12.6. The minimum atomic E-state index is -0.113. The van der Waals surface area contributed by atoms with Crippen LogP contribution in [-0.4, -0.2) is 60.4 Å². The van der Waals surface area contributed by atoms with E-state index in [0.717, 1.165) is 45.6 Å². The van der Waals surface area contributed by atoms with Crippen molar-refractivity contribution >= 4 is 17.5 Å². The second kappa shape index (κ2) is 9.20. The van der Waals surface area contributed by atoms with Crippen molar-refractivity contribution in [2.75, 3.05) is 38.0 Å². The highest BCUT2D eigenvalue weighted by Crippen LogP contribution is 2.21. The summed E-state index contributed by atoms with van der Waals surface area (Å²) < 4.78 is 0. The van der Waals surface area contributed by atoms with Crippen LogP contribution < -0.4 is 10.6 Å². The van der Waals surface area contributed by atoms with Gasteiger partial charge >= 0.3 is 0 Å². The van der Waals surface area contributed by atoms with E-state index in [9.17, 15) is 9.59 Å². The smallest absolute Gasteiger partial charge is 0.253 e. The molecule has 1 aliphatic heterocycles. The van der Waals surface area contributed by atoms with Crippen molar-refractivity contribution in [1.82, 2.24) is 15.1 Å². The molecule has 0 unspecified atom stereocenters. The molecule has 152 valence electrons. The molecule has 0 aromatic heterocycles. The number of anilines is 1. The molecule has 1 saturated heterocycles. The molecule has 0 spiro atoms. The molecular weight excluding hydrogens is 364 g/mol. The van der Waals surface area contributed by atoms with Crippen molar-refractivity contribution in [2.24, 2.45) is 0 Å². The van der Waals surface area contributed by atoms with E-state index in [1.54, 1.807) is 12.1 Å². The van der Waals surface area contributed by atoms with Gasteiger partial charge in [-0.05, 0) is 30.5 Å². The average molecular weight is 393 g/mol. The van der Waals surface area contributed by atoms with Gasteiger partial charge in [-0.15, -0.1) is 0 Å². The molecular formula is C23H28N4O2. The van der Waals surface area contributed by atoms with Crippen LogP contribution in [-0.2, 0) is 11.3 Å². The Morgan fingerprint density at radius 1 is 0.862 bits per heavy atom. The summed E-state index contributed by atoms with van der Waals surface area (Å²) in [5.74, 6) is -0.189. The monoisotopic (exact) mass is 392 g/mol.